The Labute approximate surface area is 186 Å². The zero-order valence-electron chi connectivity index (χ0n) is 17.8. The van der Waals surface area contributed by atoms with Gasteiger partial charge in [-0.2, -0.15) is 0 Å². The fourth-order valence-electron chi connectivity index (χ4n) is 3.63. The van der Waals surface area contributed by atoms with E-state index >= 15 is 0 Å². The number of likely N-dealkylation sites (tertiary alicyclic amines) is 1. The van der Waals surface area contributed by atoms with E-state index in [9.17, 15) is 14.7 Å². The lowest BCUT2D eigenvalue weighted by Gasteiger charge is -2.25. The molecule has 1 fully saturated rings. The van der Waals surface area contributed by atoms with Crippen molar-refractivity contribution >= 4 is 29.1 Å². The standard InChI is InChI=1S/C23H26ClN3O4/c1-4-31-18-9-8-15(13-17(18)24)21(28)19-20(16-7-5-10-25-14-16)27(23(30)22(19)29)12-6-11-26(2)3/h5,7-10,13-14,20,28H,4,6,11-12H2,1-3H3/b21-19+/t20-/m1/s1. The maximum atomic E-state index is 13.0. The number of pyridine rings is 1. The lowest BCUT2D eigenvalue weighted by Crippen LogP contribution is -2.32. The van der Waals surface area contributed by atoms with Crippen LogP contribution in [0.3, 0.4) is 0 Å². The normalized spacial score (nSPS) is 18.1. The summed E-state index contributed by atoms with van der Waals surface area (Å²) in [6.07, 6.45) is 3.91. The summed E-state index contributed by atoms with van der Waals surface area (Å²) in [5.41, 5.74) is 1.03. The van der Waals surface area contributed by atoms with Crippen molar-refractivity contribution in [1.29, 1.82) is 0 Å². The molecule has 7 nitrogen and oxygen atoms in total. The first-order chi connectivity index (χ1) is 14.8. The topological polar surface area (TPSA) is 83.0 Å². The number of amides is 1. The lowest BCUT2D eigenvalue weighted by atomic mass is 9.96. The molecule has 0 radical (unpaired) electrons. The highest BCUT2D eigenvalue weighted by molar-refractivity contribution is 6.46. The lowest BCUT2D eigenvalue weighted by molar-refractivity contribution is -0.139. The van der Waals surface area contributed by atoms with Gasteiger partial charge in [-0.25, -0.2) is 0 Å². The van der Waals surface area contributed by atoms with Gasteiger partial charge in [-0.1, -0.05) is 17.7 Å². The summed E-state index contributed by atoms with van der Waals surface area (Å²) in [4.78, 5) is 33.5. The molecule has 31 heavy (non-hydrogen) atoms. The van der Waals surface area contributed by atoms with Gasteiger partial charge in [0, 0.05) is 24.5 Å². The number of aliphatic hydroxyl groups is 1. The van der Waals surface area contributed by atoms with Crippen LogP contribution in [0.5, 0.6) is 5.75 Å². The molecular formula is C23H26ClN3O4. The van der Waals surface area contributed by atoms with Crippen LogP contribution in [-0.4, -0.2) is 65.4 Å². The van der Waals surface area contributed by atoms with Crippen LogP contribution in [0.1, 0.15) is 30.5 Å². The van der Waals surface area contributed by atoms with Crippen LogP contribution in [0.2, 0.25) is 5.02 Å². The first-order valence-electron chi connectivity index (χ1n) is 10.1. The van der Waals surface area contributed by atoms with Crippen molar-refractivity contribution in [3.8, 4) is 5.75 Å². The second-order valence-electron chi connectivity index (χ2n) is 7.51. The Bertz CT molecular complexity index is 992. The highest BCUT2D eigenvalue weighted by atomic mass is 35.5. The fraction of sp³-hybridized carbons (Fsp3) is 0.348. The molecular weight excluding hydrogens is 418 g/mol. The Hall–Kier alpha value is -2.90. The summed E-state index contributed by atoms with van der Waals surface area (Å²) in [6.45, 7) is 3.43. The molecule has 0 aliphatic carbocycles. The number of benzene rings is 1. The number of halogens is 1. The van der Waals surface area contributed by atoms with E-state index in [2.05, 4.69) is 4.98 Å². The Balaban J connectivity index is 2.06. The number of aromatic nitrogens is 1. The average Bonchev–Trinajstić information content (AvgIpc) is 3.00. The van der Waals surface area contributed by atoms with Gasteiger partial charge in [0.05, 0.1) is 23.2 Å². The number of rotatable bonds is 8. The van der Waals surface area contributed by atoms with Gasteiger partial charge in [0.25, 0.3) is 11.7 Å². The van der Waals surface area contributed by atoms with Crippen LogP contribution >= 0.6 is 11.6 Å². The molecule has 0 spiro atoms. The molecule has 1 aliphatic heterocycles. The minimum Gasteiger partial charge on any atom is -0.507 e. The molecule has 1 atom stereocenters. The zero-order valence-corrected chi connectivity index (χ0v) is 18.6. The minimum absolute atomic E-state index is 0.0306. The summed E-state index contributed by atoms with van der Waals surface area (Å²) in [6, 6.07) is 7.59. The third-order valence-corrected chi connectivity index (χ3v) is 5.34. The molecule has 8 heteroatoms. The smallest absolute Gasteiger partial charge is 0.295 e. The summed E-state index contributed by atoms with van der Waals surface area (Å²) in [7, 11) is 3.89. The van der Waals surface area contributed by atoms with E-state index in [1.807, 2.05) is 25.9 Å². The second kappa shape index (κ2) is 9.94. The Morgan fingerprint density at radius 1 is 1.29 bits per heavy atom. The molecule has 164 valence electrons. The molecule has 0 bridgehead atoms. The predicted molar refractivity (Wildman–Crippen MR) is 119 cm³/mol. The summed E-state index contributed by atoms with van der Waals surface area (Å²) in [5.74, 6) is -1.15. The molecule has 2 aromatic rings. The Morgan fingerprint density at radius 2 is 2.06 bits per heavy atom. The fourth-order valence-corrected chi connectivity index (χ4v) is 3.86. The maximum absolute atomic E-state index is 13.0. The number of hydrogen-bond acceptors (Lipinski definition) is 6. The van der Waals surface area contributed by atoms with Crippen molar-refractivity contribution in [2.24, 2.45) is 0 Å². The SMILES string of the molecule is CCOc1ccc(/C(O)=C2\C(=O)C(=O)N(CCCN(C)C)[C@@H]2c2cccnc2)cc1Cl. The van der Waals surface area contributed by atoms with Gasteiger partial charge in [0.2, 0.25) is 0 Å². The van der Waals surface area contributed by atoms with Crippen LogP contribution in [0.4, 0.5) is 0 Å². The van der Waals surface area contributed by atoms with Gasteiger partial charge >= 0.3 is 0 Å². The largest absolute Gasteiger partial charge is 0.507 e. The Kier molecular flexibility index (Phi) is 7.30. The van der Waals surface area contributed by atoms with Crippen LogP contribution in [0.25, 0.3) is 5.76 Å². The van der Waals surface area contributed by atoms with Gasteiger partial charge in [-0.3, -0.25) is 14.6 Å². The van der Waals surface area contributed by atoms with E-state index < -0.39 is 17.7 Å². The van der Waals surface area contributed by atoms with E-state index in [4.69, 9.17) is 16.3 Å². The van der Waals surface area contributed by atoms with Crippen LogP contribution in [0, 0.1) is 0 Å². The highest BCUT2D eigenvalue weighted by Gasteiger charge is 2.45. The summed E-state index contributed by atoms with van der Waals surface area (Å²) < 4.78 is 5.43. The van der Waals surface area contributed by atoms with Crippen molar-refractivity contribution in [2.75, 3.05) is 33.8 Å². The number of carbonyl (C=O) groups is 2. The third kappa shape index (κ3) is 4.89. The number of aliphatic hydroxyl groups excluding tert-OH is 1. The Morgan fingerprint density at radius 3 is 2.68 bits per heavy atom. The van der Waals surface area contributed by atoms with Gasteiger partial charge < -0.3 is 19.6 Å². The molecule has 1 aromatic heterocycles. The van der Waals surface area contributed by atoms with Crippen molar-refractivity contribution in [1.82, 2.24) is 14.8 Å². The third-order valence-electron chi connectivity index (χ3n) is 5.05. The van der Waals surface area contributed by atoms with Gasteiger partial charge in [0.1, 0.15) is 11.5 Å². The summed E-state index contributed by atoms with van der Waals surface area (Å²) in [5, 5.41) is 11.4. The first kappa shape index (κ1) is 22.8. The predicted octanol–water partition coefficient (Wildman–Crippen LogP) is 3.51. The molecule has 2 heterocycles. The number of hydrogen-bond donors (Lipinski definition) is 1. The van der Waals surface area contributed by atoms with Crippen molar-refractivity contribution in [3.05, 3.63) is 64.4 Å². The van der Waals surface area contributed by atoms with Crippen molar-refractivity contribution in [3.63, 3.8) is 0 Å². The van der Waals surface area contributed by atoms with Gasteiger partial charge in [0.15, 0.2) is 0 Å². The van der Waals surface area contributed by atoms with E-state index in [1.165, 1.54) is 11.0 Å². The zero-order chi connectivity index (χ0) is 22.5. The highest BCUT2D eigenvalue weighted by Crippen LogP contribution is 2.40. The average molecular weight is 444 g/mol. The molecule has 0 saturated carbocycles. The molecule has 0 unspecified atom stereocenters. The van der Waals surface area contributed by atoms with E-state index in [1.54, 1.807) is 36.7 Å². The van der Waals surface area contributed by atoms with E-state index in [0.717, 1.165) is 6.54 Å². The van der Waals surface area contributed by atoms with Crippen LogP contribution in [-0.2, 0) is 9.59 Å². The number of ether oxygens (including phenoxy) is 1. The number of carbonyl (C=O) groups excluding carboxylic acids is 2. The molecule has 1 saturated heterocycles. The molecule has 3 rings (SSSR count). The maximum Gasteiger partial charge on any atom is 0.295 e. The molecule has 1 aromatic carbocycles. The van der Waals surface area contributed by atoms with Crippen molar-refractivity contribution < 1.29 is 19.4 Å². The van der Waals surface area contributed by atoms with Crippen molar-refractivity contribution in [2.45, 2.75) is 19.4 Å². The molecule has 1 N–H and O–H groups in total. The second-order valence-corrected chi connectivity index (χ2v) is 7.92. The van der Waals surface area contributed by atoms with E-state index in [-0.39, 0.29) is 11.3 Å². The molecule has 1 aliphatic rings. The number of nitrogens with zero attached hydrogens (tertiary/aromatic N) is 3. The van der Waals surface area contributed by atoms with Gasteiger partial charge in [-0.05, 0) is 63.8 Å². The quantitative estimate of drug-likeness (QED) is 0.382. The van der Waals surface area contributed by atoms with Crippen LogP contribution < -0.4 is 4.74 Å². The van der Waals surface area contributed by atoms with E-state index in [0.29, 0.717) is 41.5 Å². The van der Waals surface area contributed by atoms with Crippen LogP contribution in [0.15, 0.2) is 48.3 Å². The minimum atomic E-state index is -0.721. The van der Waals surface area contributed by atoms with Gasteiger partial charge in [-0.15, -0.1) is 0 Å². The summed E-state index contributed by atoms with van der Waals surface area (Å²) >= 11 is 6.27. The molecule has 1 amide bonds. The monoisotopic (exact) mass is 443 g/mol. The first-order valence-corrected chi connectivity index (χ1v) is 10.5. The number of ketones is 1. The number of Topliss-reactive ketones (excluding diaryl/α,β-unsaturated/α-hetero) is 1.